The first-order chi connectivity index (χ1) is 9.72. The fourth-order valence-electron chi connectivity index (χ4n) is 2.89. The second kappa shape index (κ2) is 8.43. The lowest BCUT2D eigenvalue weighted by Gasteiger charge is -2.22. The molecule has 1 aromatic carbocycles. The molecule has 112 valence electrons. The lowest BCUT2D eigenvalue weighted by atomic mass is 9.92. The molecular formula is C17H24Br2O. The number of benzene rings is 1. The van der Waals surface area contributed by atoms with Gasteiger partial charge in [0, 0.05) is 4.83 Å². The molecule has 3 heteroatoms. The van der Waals surface area contributed by atoms with Gasteiger partial charge in [0.2, 0.25) is 0 Å². The highest BCUT2D eigenvalue weighted by atomic mass is 79.9. The van der Waals surface area contributed by atoms with E-state index in [1.807, 2.05) is 0 Å². The Labute approximate surface area is 139 Å². The summed E-state index contributed by atoms with van der Waals surface area (Å²) in [5, 5.41) is 0. The maximum Gasteiger partial charge on any atom is 0.133 e. The lowest BCUT2D eigenvalue weighted by Crippen LogP contribution is -2.07. The molecule has 2 rings (SSSR count). The summed E-state index contributed by atoms with van der Waals surface area (Å²) in [7, 11) is 0. The Kier molecular flexibility index (Phi) is 6.89. The predicted octanol–water partition coefficient (Wildman–Crippen LogP) is 6.64. The predicted molar refractivity (Wildman–Crippen MR) is 92.8 cm³/mol. The van der Waals surface area contributed by atoms with Crippen molar-refractivity contribution in [3.8, 4) is 5.75 Å². The molecule has 1 atom stereocenters. The van der Waals surface area contributed by atoms with Crippen molar-refractivity contribution < 1.29 is 4.74 Å². The number of hydrogen-bond donors (Lipinski definition) is 0. The van der Waals surface area contributed by atoms with Gasteiger partial charge in [-0.3, -0.25) is 0 Å². The molecule has 0 bridgehead atoms. The Morgan fingerprint density at radius 3 is 2.50 bits per heavy atom. The van der Waals surface area contributed by atoms with Crippen LogP contribution in [0.4, 0.5) is 0 Å². The lowest BCUT2D eigenvalue weighted by molar-refractivity contribution is 0.315. The van der Waals surface area contributed by atoms with Crippen molar-refractivity contribution in [2.75, 3.05) is 6.61 Å². The summed E-state index contributed by atoms with van der Waals surface area (Å²) in [6.45, 7) is 2.90. The van der Waals surface area contributed by atoms with E-state index < -0.39 is 0 Å². The van der Waals surface area contributed by atoms with Crippen molar-refractivity contribution in [3.05, 3.63) is 28.2 Å². The van der Waals surface area contributed by atoms with Crippen LogP contribution in [0.1, 0.15) is 62.3 Å². The molecule has 1 aliphatic carbocycles. The van der Waals surface area contributed by atoms with Crippen molar-refractivity contribution >= 4 is 31.9 Å². The van der Waals surface area contributed by atoms with E-state index >= 15 is 0 Å². The van der Waals surface area contributed by atoms with Crippen LogP contribution in [0, 0.1) is 5.92 Å². The van der Waals surface area contributed by atoms with E-state index in [2.05, 4.69) is 57.0 Å². The zero-order chi connectivity index (χ0) is 14.4. The summed E-state index contributed by atoms with van der Waals surface area (Å²) in [5.41, 5.74) is 1.37. The maximum atomic E-state index is 5.72. The smallest absolute Gasteiger partial charge is 0.133 e. The molecule has 1 fully saturated rings. The zero-order valence-corrected chi connectivity index (χ0v) is 15.4. The zero-order valence-electron chi connectivity index (χ0n) is 12.2. The van der Waals surface area contributed by atoms with Crippen LogP contribution in [0.3, 0.4) is 0 Å². The molecule has 0 aromatic heterocycles. The van der Waals surface area contributed by atoms with Gasteiger partial charge in [0.1, 0.15) is 5.75 Å². The van der Waals surface area contributed by atoms with Crippen molar-refractivity contribution in [2.24, 2.45) is 5.92 Å². The summed E-state index contributed by atoms with van der Waals surface area (Å²) in [6, 6.07) is 6.52. The first-order valence-corrected chi connectivity index (χ1v) is 9.49. The molecule has 1 saturated carbocycles. The van der Waals surface area contributed by atoms with Gasteiger partial charge in [0.25, 0.3) is 0 Å². The number of rotatable bonds is 5. The molecule has 0 spiro atoms. The molecular weight excluding hydrogens is 380 g/mol. The Hall–Kier alpha value is -0.0200. The van der Waals surface area contributed by atoms with Gasteiger partial charge < -0.3 is 4.74 Å². The van der Waals surface area contributed by atoms with E-state index in [1.165, 1.54) is 44.1 Å². The quantitative estimate of drug-likeness (QED) is 0.395. The molecule has 1 nitrogen and oxygen atoms in total. The Balaban J connectivity index is 2.05. The first-order valence-electron chi connectivity index (χ1n) is 7.78. The van der Waals surface area contributed by atoms with E-state index in [0.29, 0.717) is 4.83 Å². The molecule has 0 aliphatic heterocycles. The van der Waals surface area contributed by atoms with E-state index in [1.54, 1.807) is 0 Å². The topological polar surface area (TPSA) is 9.23 Å². The summed E-state index contributed by atoms with van der Waals surface area (Å²) in [6.07, 6.45) is 9.31. The molecule has 1 aromatic rings. The van der Waals surface area contributed by atoms with Gasteiger partial charge in [-0.05, 0) is 58.8 Å². The molecule has 1 aliphatic rings. The monoisotopic (exact) mass is 402 g/mol. The number of ether oxygens (including phenoxy) is 1. The second-order valence-corrected chi connectivity index (χ2v) is 7.53. The van der Waals surface area contributed by atoms with Crippen molar-refractivity contribution in [2.45, 2.75) is 56.7 Å². The maximum absolute atomic E-state index is 5.72. The first kappa shape index (κ1) is 16.4. The highest BCUT2D eigenvalue weighted by molar-refractivity contribution is 9.10. The van der Waals surface area contributed by atoms with Crippen LogP contribution in [0.2, 0.25) is 0 Å². The Morgan fingerprint density at radius 1 is 1.20 bits per heavy atom. The average molecular weight is 404 g/mol. The Bertz CT molecular complexity index is 411. The Morgan fingerprint density at radius 2 is 1.90 bits per heavy atom. The summed E-state index contributed by atoms with van der Waals surface area (Å²) in [4.78, 5) is 0.470. The summed E-state index contributed by atoms with van der Waals surface area (Å²) >= 11 is 7.57. The van der Waals surface area contributed by atoms with Crippen LogP contribution in [0.5, 0.6) is 5.75 Å². The standard InChI is InChI=1S/C17H24Br2O/c1-2-11-20-16-10-9-14(12-15(16)18)17(19)13-7-5-3-4-6-8-13/h9-10,12-13,17H,2-8,11H2,1H3. The van der Waals surface area contributed by atoms with Crippen molar-refractivity contribution in [1.29, 1.82) is 0 Å². The third-order valence-corrected chi connectivity index (χ3v) is 5.95. The minimum Gasteiger partial charge on any atom is -0.492 e. The molecule has 0 amide bonds. The number of hydrogen-bond acceptors (Lipinski definition) is 1. The normalized spacial score (nSPS) is 18.6. The molecule has 0 saturated heterocycles. The number of halogens is 2. The van der Waals surface area contributed by atoms with Gasteiger partial charge in [0.15, 0.2) is 0 Å². The minimum absolute atomic E-state index is 0.470. The molecule has 0 heterocycles. The van der Waals surface area contributed by atoms with Crippen LogP contribution < -0.4 is 4.74 Å². The van der Waals surface area contributed by atoms with Gasteiger partial charge in [-0.1, -0.05) is 54.6 Å². The van der Waals surface area contributed by atoms with Crippen molar-refractivity contribution in [3.63, 3.8) is 0 Å². The van der Waals surface area contributed by atoms with E-state index in [4.69, 9.17) is 4.74 Å². The highest BCUT2D eigenvalue weighted by Gasteiger charge is 2.22. The second-order valence-electron chi connectivity index (χ2n) is 5.69. The summed E-state index contributed by atoms with van der Waals surface area (Å²) < 4.78 is 6.79. The van der Waals surface area contributed by atoms with Gasteiger partial charge in [-0.25, -0.2) is 0 Å². The average Bonchev–Trinajstić information content (AvgIpc) is 2.74. The van der Waals surface area contributed by atoms with Gasteiger partial charge >= 0.3 is 0 Å². The largest absolute Gasteiger partial charge is 0.492 e. The van der Waals surface area contributed by atoms with Crippen LogP contribution in [0.25, 0.3) is 0 Å². The molecule has 0 radical (unpaired) electrons. The van der Waals surface area contributed by atoms with E-state index in [0.717, 1.165) is 29.2 Å². The van der Waals surface area contributed by atoms with Gasteiger partial charge in [0.05, 0.1) is 11.1 Å². The third kappa shape index (κ3) is 4.49. The third-order valence-electron chi connectivity index (χ3n) is 4.05. The highest BCUT2D eigenvalue weighted by Crippen LogP contribution is 2.41. The van der Waals surface area contributed by atoms with Crippen LogP contribution in [0.15, 0.2) is 22.7 Å². The number of alkyl halides is 1. The van der Waals surface area contributed by atoms with Crippen LogP contribution in [-0.2, 0) is 0 Å². The molecule has 20 heavy (non-hydrogen) atoms. The van der Waals surface area contributed by atoms with Gasteiger partial charge in [-0.2, -0.15) is 0 Å². The van der Waals surface area contributed by atoms with Crippen molar-refractivity contribution in [1.82, 2.24) is 0 Å². The molecule has 0 N–H and O–H groups in total. The van der Waals surface area contributed by atoms with Gasteiger partial charge in [-0.15, -0.1) is 0 Å². The van der Waals surface area contributed by atoms with Crippen LogP contribution >= 0.6 is 31.9 Å². The molecule has 1 unspecified atom stereocenters. The fourth-order valence-corrected chi connectivity index (χ4v) is 4.22. The van der Waals surface area contributed by atoms with Crippen LogP contribution in [-0.4, -0.2) is 6.61 Å². The van der Waals surface area contributed by atoms with E-state index in [9.17, 15) is 0 Å². The van der Waals surface area contributed by atoms with E-state index in [-0.39, 0.29) is 0 Å². The minimum atomic E-state index is 0.470. The summed E-state index contributed by atoms with van der Waals surface area (Å²) in [5.74, 6) is 1.72. The SMILES string of the molecule is CCCOc1ccc(C(Br)C2CCCCCC2)cc1Br. The fraction of sp³-hybridized carbons (Fsp3) is 0.647.